The van der Waals surface area contributed by atoms with E-state index in [4.69, 9.17) is 18.9 Å². The van der Waals surface area contributed by atoms with Crippen LogP contribution in [0.4, 0.5) is 11.4 Å². The maximum Gasteiger partial charge on any atom is 0.231 e. The van der Waals surface area contributed by atoms with Gasteiger partial charge in [-0.15, -0.1) is 0 Å². The summed E-state index contributed by atoms with van der Waals surface area (Å²) in [4.78, 5) is 30.8. The van der Waals surface area contributed by atoms with Gasteiger partial charge in [-0.3, -0.25) is 9.59 Å². The summed E-state index contributed by atoms with van der Waals surface area (Å²) in [7, 11) is 1.59. The first-order chi connectivity index (χ1) is 14.1. The third-order valence-corrected chi connectivity index (χ3v) is 4.70. The number of ether oxygens (including phenoxy) is 4. The predicted molar refractivity (Wildman–Crippen MR) is 103 cm³/mol. The topological polar surface area (TPSA) is 99.2 Å². The molecule has 1 N–H and O–H groups in total. The fraction of sp³-hybridized carbons (Fsp3) is 0.350. The number of hydrogen-bond donors (Lipinski definition) is 1. The number of rotatable bonds is 7. The molecule has 152 valence electrons. The highest BCUT2D eigenvalue weighted by Crippen LogP contribution is 2.37. The van der Waals surface area contributed by atoms with Crippen molar-refractivity contribution in [1.82, 2.24) is 4.98 Å². The Morgan fingerprint density at radius 1 is 1.24 bits per heavy atom. The molecule has 0 saturated carbocycles. The molecule has 2 aliphatic heterocycles. The number of fused-ring (bicyclic) bond motifs is 1. The molecule has 2 amide bonds. The van der Waals surface area contributed by atoms with Crippen molar-refractivity contribution in [3.63, 3.8) is 0 Å². The molecule has 0 aliphatic carbocycles. The summed E-state index contributed by atoms with van der Waals surface area (Å²) >= 11 is 0. The number of carbonyl (C=O) groups is 2. The van der Waals surface area contributed by atoms with Crippen molar-refractivity contribution in [3.8, 4) is 17.4 Å². The SMILES string of the molecule is COCCOc1ccc(NC(=O)C2CC(=O)N(c3ccc4c(c3)OCO4)C2)cn1. The Kier molecular flexibility index (Phi) is 5.48. The Labute approximate surface area is 167 Å². The molecule has 0 radical (unpaired) electrons. The molecule has 1 saturated heterocycles. The van der Waals surface area contributed by atoms with E-state index in [1.165, 1.54) is 6.20 Å². The quantitative estimate of drug-likeness (QED) is 0.709. The summed E-state index contributed by atoms with van der Waals surface area (Å²) in [6.07, 6.45) is 1.67. The van der Waals surface area contributed by atoms with Gasteiger partial charge in [-0.1, -0.05) is 0 Å². The van der Waals surface area contributed by atoms with Crippen molar-refractivity contribution in [1.29, 1.82) is 0 Å². The van der Waals surface area contributed by atoms with Gasteiger partial charge >= 0.3 is 0 Å². The van der Waals surface area contributed by atoms with Crippen LogP contribution in [0.2, 0.25) is 0 Å². The zero-order chi connectivity index (χ0) is 20.2. The zero-order valence-corrected chi connectivity index (χ0v) is 15.9. The van der Waals surface area contributed by atoms with E-state index in [-0.39, 0.29) is 25.0 Å². The van der Waals surface area contributed by atoms with E-state index in [1.807, 2.05) is 0 Å². The predicted octanol–water partition coefficient (Wildman–Crippen LogP) is 1.83. The van der Waals surface area contributed by atoms with Gasteiger partial charge in [-0.05, 0) is 18.2 Å². The molecule has 1 fully saturated rings. The second-order valence-corrected chi connectivity index (χ2v) is 6.66. The zero-order valence-electron chi connectivity index (χ0n) is 15.9. The number of nitrogens with one attached hydrogen (secondary N) is 1. The van der Waals surface area contributed by atoms with E-state index >= 15 is 0 Å². The highest BCUT2D eigenvalue weighted by Gasteiger charge is 2.35. The summed E-state index contributed by atoms with van der Waals surface area (Å²) in [6.45, 7) is 1.34. The van der Waals surface area contributed by atoms with Crippen LogP contribution in [0.1, 0.15) is 6.42 Å². The van der Waals surface area contributed by atoms with Gasteiger partial charge in [0.15, 0.2) is 11.5 Å². The van der Waals surface area contributed by atoms with Crippen LogP contribution in [0.15, 0.2) is 36.5 Å². The molecule has 3 heterocycles. The van der Waals surface area contributed by atoms with Crippen molar-refractivity contribution in [2.45, 2.75) is 6.42 Å². The first-order valence-corrected chi connectivity index (χ1v) is 9.22. The number of benzene rings is 1. The van der Waals surface area contributed by atoms with E-state index < -0.39 is 5.92 Å². The Hall–Kier alpha value is -3.33. The van der Waals surface area contributed by atoms with E-state index in [1.54, 1.807) is 42.3 Å². The van der Waals surface area contributed by atoms with Crippen LogP contribution in [-0.4, -0.2) is 50.5 Å². The van der Waals surface area contributed by atoms with Crippen LogP contribution in [0.25, 0.3) is 0 Å². The average molecular weight is 399 g/mol. The van der Waals surface area contributed by atoms with E-state index in [2.05, 4.69) is 10.3 Å². The third-order valence-electron chi connectivity index (χ3n) is 4.70. The number of anilines is 2. The van der Waals surface area contributed by atoms with Gasteiger partial charge in [0.25, 0.3) is 0 Å². The second kappa shape index (κ2) is 8.36. The van der Waals surface area contributed by atoms with Crippen molar-refractivity contribution >= 4 is 23.2 Å². The molecular formula is C20H21N3O6. The number of hydrogen-bond acceptors (Lipinski definition) is 7. The molecule has 9 heteroatoms. The Bertz CT molecular complexity index is 902. The van der Waals surface area contributed by atoms with Crippen LogP contribution >= 0.6 is 0 Å². The van der Waals surface area contributed by atoms with Gasteiger partial charge in [0.1, 0.15) is 6.61 Å². The molecule has 2 aliphatic rings. The highest BCUT2D eigenvalue weighted by atomic mass is 16.7. The first kappa shape index (κ1) is 19.0. The second-order valence-electron chi connectivity index (χ2n) is 6.66. The number of nitrogens with zero attached hydrogens (tertiary/aromatic N) is 2. The summed E-state index contributed by atoms with van der Waals surface area (Å²) in [5, 5.41) is 2.81. The standard InChI is InChI=1S/C20H21N3O6/c1-26-6-7-27-18-5-2-14(10-21-18)22-20(25)13-8-19(24)23(11-13)15-3-4-16-17(9-15)29-12-28-16/h2-5,9-10,13H,6-8,11-12H2,1H3,(H,22,25). The van der Waals surface area contributed by atoms with E-state index in [9.17, 15) is 9.59 Å². The molecule has 4 rings (SSSR count). The smallest absolute Gasteiger partial charge is 0.231 e. The molecule has 0 bridgehead atoms. The molecule has 1 atom stereocenters. The Morgan fingerprint density at radius 3 is 2.90 bits per heavy atom. The Morgan fingerprint density at radius 2 is 2.10 bits per heavy atom. The van der Waals surface area contributed by atoms with Gasteiger partial charge in [0.2, 0.25) is 24.5 Å². The number of aromatic nitrogens is 1. The monoisotopic (exact) mass is 399 g/mol. The summed E-state index contributed by atoms with van der Waals surface area (Å²) in [5.41, 5.74) is 1.23. The van der Waals surface area contributed by atoms with Crippen molar-refractivity contribution in [2.75, 3.05) is 43.9 Å². The van der Waals surface area contributed by atoms with Crippen LogP contribution in [0.5, 0.6) is 17.4 Å². The lowest BCUT2D eigenvalue weighted by molar-refractivity contribution is -0.122. The van der Waals surface area contributed by atoms with Gasteiger partial charge in [0.05, 0.1) is 24.4 Å². The lowest BCUT2D eigenvalue weighted by Gasteiger charge is -2.17. The minimum Gasteiger partial charge on any atom is -0.475 e. The maximum absolute atomic E-state index is 12.6. The van der Waals surface area contributed by atoms with E-state index in [0.29, 0.717) is 48.5 Å². The molecular weight excluding hydrogens is 378 g/mol. The normalized spacial score (nSPS) is 17.5. The molecule has 9 nitrogen and oxygen atoms in total. The van der Waals surface area contributed by atoms with Gasteiger partial charge < -0.3 is 29.2 Å². The largest absolute Gasteiger partial charge is 0.475 e. The van der Waals surface area contributed by atoms with Crippen LogP contribution < -0.4 is 24.4 Å². The summed E-state index contributed by atoms with van der Waals surface area (Å²) in [5.74, 6) is 0.912. The fourth-order valence-corrected chi connectivity index (χ4v) is 3.20. The molecule has 1 aromatic carbocycles. The van der Waals surface area contributed by atoms with Crippen LogP contribution in [0.3, 0.4) is 0 Å². The lowest BCUT2D eigenvalue weighted by Crippen LogP contribution is -2.28. The minimum atomic E-state index is -0.453. The number of carbonyl (C=O) groups excluding carboxylic acids is 2. The van der Waals surface area contributed by atoms with E-state index in [0.717, 1.165) is 0 Å². The maximum atomic E-state index is 12.6. The first-order valence-electron chi connectivity index (χ1n) is 9.22. The number of pyridine rings is 1. The molecule has 29 heavy (non-hydrogen) atoms. The fourth-order valence-electron chi connectivity index (χ4n) is 3.20. The molecule has 0 spiro atoms. The molecule has 2 aromatic rings. The summed E-state index contributed by atoms with van der Waals surface area (Å²) in [6, 6.07) is 8.69. The lowest BCUT2D eigenvalue weighted by atomic mass is 10.1. The average Bonchev–Trinajstić information content (AvgIpc) is 3.35. The van der Waals surface area contributed by atoms with Crippen molar-refractivity contribution < 1.29 is 28.5 Å². The summed E-state index contributed by atoms with van der Waals surface area (Å²) < 4.78 is 21.0. The highest BCUT2D eigenvalue weighted by molar-refractivity contribution is 6.03. The minimum absolute atomic E-state index is 0.107. The van der Waals surface area contributed by atoms with Gasteiger partial charge in [0, 0.05) is 37.9 Å². The van der Waals surface area contributed by atoms with Crippen LogP contribution in [-0.2, 0) is 14.3 Å². The van der Waals surface area contributed by atoms with Gasteiger partial charge in [-0.2, -0.15) is 0 Å². The van der Waals surface area contributed by atoms with Crippen molar-refractivity contribution in [3.05, 3.63) is 36.5 Å². The van der Waals surface area contributed by atoms with Crippen LogP contribution in [0, 0.1) is 5.92 Å². The van der Waals surface area contributed by atoms with Gasteiger partial charge in [-0.25, -0.2) is 4.98 Å². The van der Waals surface area contributed by atoms with Crippen molar-refractivity contribution in [2.24, 2.45) is 5.92 Å². The third kappa shape index (κ3) is 4.24. The molecule has 1 unspecified atom stereocenters. The Balaban J connectivity index is 1.35. The number of methoxy groups -OCH3 is 1. The number of amides is 2. The molecule has 1 aromatic heterocycles.